The molecule has 2 aliphatic carbocycles. The zero-order valence-electron chi connectivity index (χ0n) is 11.2. The molecule has 2 aliphatic rings. The van der Waals surface area contributed by atoms with Crippen LogP contribution in [0.1, 0.15) is 33.6 Å². The van der Waals surface area contributed by atoms with E-state index < -0.39 is 5.60 Å². The highest BCUT2D eigenvalue weighted by Crippen LogP contribution is 2.47. The molecule has 0 spiro atoms. The summed E-state index contributed by atoms with van der Waals surface area (Å²) in [6.07, 6.45) is 2.53. The first-order chi connectivity index (χ1) is 8.28. The second kappa shape index (κ2) is 4.16. The number of carbonyl (C=O) groups is 2. The molecule has 98 valence electrons. The second-order valence-electron chi connectivity index (χ2n) is 5.82. The number of carbonyl (C=O) groups excluding carboxylic acids is 2. The maximum atomic E-state index is 12.2. The summed E-state index contributed by atoms with van der Waals surface area (Å²) in [5.41, 5.74) is -0.357. The molecule has 1 unspecified atom stereocenters. The van der Waals surface area contributed by atoms with E-state index in [1.165, 1.54) is 0 Å². The molecule has 0 aliphatic heterocycles. The molecule has 3 nitrogen and oxygen atoms in total. The fourth-order valence-electron chi connectivity index (χ4n) is 3.28. The molecule has 3 heteroatoms. The van der Waals surface area contributed by atoms with Crippen LogP contribution < -0.4 is 0 Å². The minimum absolute atomic E-state index is 0.0422. The van der Waals surface area contributed by atoms with Gasteiger partial charge in [0.1, 0.15) is 5.60 Å². The fourth-order valence-corrected chi connectivity index (χ4v) is 3.28. The van der Waals surface area contributed by atoms with E-state index in [9.17, 15) is 14.7 Å². The molecule has 1 saturated carbocycles. The summed E-state index contributed by atoms with van der Waals surface area (Å²) < 4.78 is 0. The third-order valence-corrected chi connectivity index (χ3v) is 4.55. The highest BCUT2D eigenvalue weighted by atomic mass is 16.3. The van der Waals surface area contributed by atoms with Crippen molar-refractivity contribution in [1.29, 1.82) is 0 Å². The van der Waals surface area contributed by atoms with Gasteiger partial charge in [-0.3, -0.25) is 9.59 Å². The molecule has 4 atom stereocenters. The van der Waals surface area contributed by atoms with Crippen LogP contribution in [0, 0.1) is 17.8 Å². The van der Waals surface area contributed by atoms with E-state index >= 15 is 0 Å². The van der Waals surface area contributed by atoms with Crippen LogP contribution in [-0.4, -0.2) is 22.3 Å². The number of fused-ring (bicyclic) bond motifs is 1. The Kier molecular flexibility index (Phi) is 3.06. The molecular formula is C15H20O3. The van der Waals surface area contributed by atoms with Crippen molar-refractivity contribution in [3.63, 3.8) is 0 Å². The Balaban J connectivity index is 2.53. The molecule has 0 aromatic carbocycles. The van der Waals surface area contributed by atoms with Crippen molar-refractivity contribution < 1.29 is 14.7 Å². The van der Waals surface area contributed by atoms with E-state index in [2.05, 4.69) is 6.58 Å². The molecule has 1 fully saturated rings. The predicted molar refractivity (Wildman–Crippen MR) is 68.9 cm³/mol. The van der Waals surface area contributed by atoms with E-state index in [0.29, 0.717) is 24.0 Å². The summed E-state index contributed by atoms with van der Waals surface area (Å²) in [7, 11) is 0. The van der Waals surface area contributed by atoms with Gasteiger partial charge in [0.2, 0.25) is 0 Å². The minimum Gasteiger partial charge on any atom is -0.377 e. The summed E-state index contributed by atoms with van der Waals surface area (Å²) in [6.45, 7) is 9.19. The highest BCUT2D eigenvalue weighted by molar-refractivity contribution is 5.98. The van der Waals surface area contributed by atoms with Gasteiger partial charge >= 0.3 is 0 Å². The maximum absolute atomic E-state index is 12.2. The highest BCUT2D eigenvalue weighted by Gasteiger charge is 2.53. The van der Waals surface area contributed by atoms with E-state index in [1.54, 1.807) is 19.9 Å². The van der Waals surface area contributed by atoms with Crippen molar-refractivity contribution in [3.8, 4) is 0 Å². The molecule has 0 radical (unpaired) electrons. The average Bonchev–Trinajstić information content (AvgIpc) is 2.28. The topological polar surface area (TPSA) is 54.4 Å². The summed E-state index contributed by atoms with van der Waals surface area (Å²) in [5, 5.41) is 10.7. The van der Waals surface area contributed by atoms with Crippen molar-refractivity contribution >= 4 is 11.6 Å². The van der Waals surface area contributed by atoms with E-state index in [0.717, 1.165) is 0 Å². The lowest BCUT2D eigenvalue weighted by molar-refractivity contribution is -0.148. The van der Waals surface area contributed by atoms with Gasteiger partial charge in [0, 0.05) is 18.8 Å². The molecular weight excluding hydrogens is 228 g/mol. The Bertz CT molecular complexity index is 460. The van der Waals surface area contributed by atoms with Gasteiger partial charge in [0.15, 0.2) is 11.6 Å². The second-order valence-corrected chi connectivity index (χ2v) is 5.82. The van der Waals surface area contributed by atoms with Crippen LogP contribution in [0.25, 0.3) is 0 Å². The molecule has 0 aromatic rings. The molecule has 0 aromatic heterocycles. The van der Waals surface area contributed by atoms with Crippen molar-refractivity contribution in [2.75, 3.05) is 0 Å². The predicted octanol–water partition coefficient (Wildman–Crippen LogP) is 2.05. The lowest BCUT2D eigenvalue weighted by Crippen LogP contribution is -2.56. The van der Waals surface area contributed by atoms with Gasteiger partial charge in [-0.2, -0.15) is 0 Å². The number of aliphatic hydroxyl groups is 1. The van der Waals surface area contributed by atoms with Crippen LogP contribution in [0.3, 0.4) is 0 Å². The minimum atomic E-state index is -1.49. The van der Waals surface area contributed by atoms with E-state index in [1.807, 2.05) is 6.92 Å². The third-order valence-electron chi connectivity index (χ3n) is 4.55. The Morgan fingerprint density at radius 1 is 1.44 bits per heavy atom. The Morgan fingerprint density at radius 2 is 2.06 bits per heavy atom. The van der Waals surface area contributed by atoms with Crippen LogP contribution >= 0.6 is 0 Å². The third kappa shape index (κ3) is 1.69. The molecule has 0 saturated heterocycles. The fraction of sp³-hybridized carbons (Fsp3) is 0.600. The van der Waals surface area contributed by atoms with E-state index in [4.69, 9.17) is 0 Å². The van der Waals surface area contributed by atoms with Crippen molar-refractivity contribution in [3.05, 3.63) is 23.8 Å². The van der Waals surface area contributed by atoms with Crippen molar-refractivity contribution in [2.24, 2.45) is 17.8 Å². The van der Waals surface area contributed by atoms with Crippen molar-refractivity contribution in [2.45, 2.75) is 39.2 Å². The lowest BCUT2D eigenvalue weighted by Gasteiger charge is -2.47. The summed E-state index contributed by atoms with van der Waals surface area (Å²) >= 11 is 0. The SMILES string of the molecule is C=C(C)[C@]1(O)C(=O)CC(C)[C@@H]2CC(=O)C(C)=C[C@@H]21. The molecule has 0 bridgehead atoms. The monoisotopic (exact) mass is 248 g/mol. The van der Waals surface area contributed by atoms with Gasteiger partial charge in [-0.25, -0.2) is 0 Å². The normalized spacial score (nSPS) is 40.2. The summed E-state index contributed by atoms with van der Waals surface area (Å²) in [4.78, 5) is 24.0. The lowest BCUT2D eigenvalue weighted by atomic mass is 9.58. The standard InChI is InChI=1S/C15H20O3/c1-8(2)15(18)12-5-10(4)13(16)7-11(12)9(3)6-14(15)17/h5,9,11-12,18H,1,6-7H2,2-4H3/t9?,11-,12-,15+/m0/s1. The Hall–Kier alpha value is -1.22. The zero-order chi connectivity index (χ0) is 13.7. The van der Waals surface area contributed by atoms with Crippen LogP contribution in [0.5, 0.6) is 0 Å². The van der Waals surface area contributed by atoms with E-state index in [-0.39, 0.29) is 29.3 Å². The van der Waals surface area contributed by atoms with Crippen LogP contribution in [0.15, 0.2) is 23.8 Å². The Morgan fingerprint density at radius 3 is 2.61 bits per heavy atom. The van der Waals surface area contributed by atoms with Gasteiger partial charge in [-0.15, -0.1) is 0 Å². The Labute approximate surface area is 108 Å². The number of ketones is 2. The number of allylic oxidation sites excluding steroid dienone is 1. The molecule has 1 N–H and O–H groups in total. The first-order valence-corrected chi connectivity index (χ1v) is 6.41. The van der Waals surface area contributed by atoms with Gasteiger partial charge < -0.3 is 5.11 Å². The number of Topliss-reactive ketones (excluding diaryl/α,β-unsaturated/α-hetero) is 2. The van der Waals surface area contributed by atoms with Gasteiger partial charge in [0.25, 0.3) is 0 Å². The first-order valence-electron chi connectivity index (χ1n) is 6.41. The largest absolute Gasteiger partial charge is 0.377 e. The summed E-state index contributed by atoms with van der Waals surface area (Å²) in [5.74, 6) is -0.163. The van der Waals surface area contributed by atoms with Gasteiger partial charge in [-0.1, -0.05) is 19.6 Å². The van der Waals surface area contributed by atoms with Crippen LogP contribution in [0.2, 0.25) is 0 Å². The van der Waals surface area contributed by atoms with Crippen LogP contribution in [0.4, 0.5) is 0 Å². The van der Waals surface area contributed by atoms with Crippen molar-refractivity contribution in [1.82, 2.24) is 0 Å². The van der Waals surface area contributed by atoms with Gasteiger partial charge in [-0.05, 0) is 36.8 Å². The maximum Gasteiger partial charge on any atom is 0.169 e. The number of rotatable bonds is 1. The summed E-state index contributed by atoms with van der Waals surface area (Å²) in [6, 6.07) is 0. The quantitative estimate of drug-likeness (QED) is 0.723. The molecule has 2 rings (SSSR count). The zero-order valence-corrected chi connectivity index (χ0v) is 11.2. The number of hydrogen-bond acceptors (Lipinski definition) is 3. The first kappa shape index (κ1) is 13.2. The molecule has 0 heterocycles. The van der Waals surface area contributed by atoms with Gasteiger partial charge in [0.05, 0.1) is 0 Å². The number of hydrogen-bond donors (Lipinski definition) is 1. The molecule has 0 amide bonds. The smallest absolute Gasteiger partial charge is 0.169 e. The molecule has 18 heavy (non-hydrogen) atoms. The average molecular weight is 248 g/mol. The van der Waals surface area contributed by atoms with Crippen LogP contribution in [-0.2, 0) is 9.59 Å².